The average molecular weight is 274 g/mol. The molecule has 0 radical (unpaired) electrons. The van der Waals surface area contributed by atoms with Gasteiger partial charge in [-0.2, -0.15) is 5.26 Å². The molecule has 3 heteroatoms. The lowest BCUT2D eigenvalue weighted by Crippen LogP contribution is -1.96. The molecule has 0 saturated heterocycles. The van der Waals surface area contributed by atoms with Gasteiger partial charge in [0, 0.05) is 17.1 Å². The Morgan fingerprint density at radius 3 is 2.43 bits per heavy atom. The van der Waals surface area contributed by atoms with Gasteiger partial charge in [-0.15, -0.1) is 0 Å². The summed E-state index contributed by atoms with van der Waals surface area (Å²) >= 11 is 0. The summed E-state index contributed by atoms with van der Waals surface area (Å²) in [6.45, 7) is 2.54. The number of benzene rings is 2. The molecule has 0 bridgehead atoms. The zero-order chi connectivity index (χ0) is 14.7. The summed E-state index contributed by atoms with van der Waals surface area (Å²) in [4.78, 5) is 4.43. The Kier molecular flexibility index (Phi) is 3.53. The van der Waals surface area contributed by atoms with Crippen molar-refractivity contribution in [2.75, 3.05) is 6.61 Å². The Morgan fingerprint density at radius 2 is 1.76 bits per heavy atom. The number of hydrogen-bond acceptors (Lipinski definition) is 3. The molecular formula is C18H14N2O. The Hall–Kier alpha value is -2.86. The summed E-state index contributed by atoms with van der Waals surface area (Å²) in [6.07, 6.45) is 1.83. The molecule has 0 aliphatic carbocycles. The first-order valence-electron chi connectivity index (χ1n) is 6.84. The highest BCUT2D eigenvalue weighted by atomic mass is 16.5. The van der Waals surface area contributed by atoms with Gasteiger partial charge in [-0.05, 0) is 36.1 Å². The van der Waals surface area contributed by atoms with Crippen LogP contribution in [0.2, 0.25) is 0 Å². The van der Waals surface area contributed by atoms with Crippen molar-refractivity contribution < 1.29 is 4.74 Å². The Morgan fingerprint density at radius 1 is 1.05 bits per heavy atom. The highest BCUT2D eigenvalue weighted by Gasteiger charge is 2.09. The normalized spacial score (nSPS) is 10.3. The van der Waals surface area contributed by atoms with E-state index in [1.807, 2.05) is 55.6 Å². The van der Waals surface area contributed by atoms with Gasteiger partial charge in [-0.25, -0.2) is 4.98 Å². The molecule has 0 fully saturated rings. The number of hydrogen-bond donors (Lipinski definition) is 0. The van der Waals surface area contributed by atoms with Crippen LogP contribution in [0.15, 0.2) is 54.7 Å². The Balaban J connectivity index is 2.19. The molecule has 0 N–H and O–H groups in total. The molecule has 0 unspecified atom stereocenters. The molecule has 0 aliphatic rings. The Labute approximate surface area is 123 Å². The van der Waals surface area contributed by atoms with Crippen LogP contribution in [0.4, 0.5) is 0 Å². The fraction of sp³-hybridized carbons (Fsp3) is 0.111. The van der Waals surface area contributed by atoms with Crippen LogP contribution < -0.4 is 4.74 Å². The maximum atomic E-state index is 8.89. The third kappa shape index (κ3) is 2.44. The van der Waals surface area contributed by atoms with E-state index < -0.39 is 0 Å². The standard InChI is InChI=1S/C18H14N2O/c1-2-21-18-16-6-4-3-5-15(16)17(12-20-18)14-9-7-13(11-19)8-10-14/h3-10,12H,2H2,1H3. The van der Waals surface area contributed by atoms with Gasteiger partial charge in [0.25, 0.3) is 0 Å². The van der Waals surface area contributed by atoms with E-state index in [1.54, 1.807) is 0 Å². The van der Waals surface area contributed by atoms with Crippen LogP contribution in [0.1, 0.15) is 12.5 Å². The highest BCUT2D eigenvalue weighted by molar-refractivity contribution is 5.98. The predicted molar refractivity (Wildman–Crippen MR) is 83.1 cm³/mol. The largest absolute Gasteiger partial charge is 0.478 e. The van der Waals surface area contributed by atoms with E-state index in [0.717, 1.165) is 21.9 Å². The second-order valence-electron chi connectivity index (χ2n) is 4.64. The van der Waals surface area contributed by atoms with E-state index in [-0.39, 0.29) is 0 Å². The topological polar surface area (TPSA) is 45.9 Å². The van der Waals surface area contributed by atoms with Crippen LogP contribution in [0, 0.1) is 11.3 Å². The smallest absolute Gasteiger partial charge is 0.221 e. The first-order valence-corrected chi connectivity index (χ1v) is 6.84. The van der Waals surface area contributed by atoms with Gasteiger partial charge in [-0.3, -0.25) is 0 Å². The molecule has 3 aromatic rings. The fourth-order valence-electron chi connectivity index (χ4n) is 2.37. The van der Waals surface area contributed by atoms with E-state index in [2.05, 4.69) is 17.1 Å². The third-order valence-electron chi connectivity index (χ3n) is 3.36. The molecule has 0 atom stereocenters. The number of nitrogens with zero attached hydrogens (tertiary/aromatic N) is 2. The van der Waals surface area contributed by atoms with E-state index in [9.17, 15) is 0 Å². The molecule has 3 nitrogen and oxygen atoms in total. The van der Waals surface area contributed by atoms with E-state index >= 15 is 0 Å². The van der Waals surface area contributed by atoms with Crippen LogP contribution in [0.5, 0.6) is 5.88 Å². The fourth-order valence-corrected chi connectivity index (χ4v) is 2.37. The number of aromatic nitrogens is 1. The number of pyridine rings is 1. The molecule has 1 heterocycles. The molecule has 0 aliphatic heterocycles. The van der Waals surface area contributed by atoms with E-state index in [0.29, 0.717) is 18.1 Å². The summed E-state index contributed by atoms with van der Waals surface area (Å²) in [5.74, 6) is 0.658. The SMILES string of the molecule is CCOc1ncc(-c2ccc(C#N)cc2)c2ccccc12. The average Bonchev–Trinajstić information content (AvgIpc) is 2.56. The monoisotopic (exact) mass is 274 g/mol. The highest BCUT2D eigenvalue weighted by Crippen LogP contribution is 2.32. The summed E-state index contributed by atoms with van der Waals surface area (Å²) in [7, 11) is 0. The minimum Gasteiger partial charge on any atom is -0.478 e. The number of nitriles is 1. The quantitative estimate of drug-likeness (QED) is 0.720. The van der Waals surface area contributed by atoms with Gasteiger partial charge in [0.2, 0.25) is 5.88 Å². The molecule has 2 aromatic carbocycles. The molecule has 3 rings (SSSR count). The van der Waals surface area contributed by atoms with Crippen molar-refractivity contribution in [1.82, 2.24) is 4.98 Å². The predicted octanol–water partition coefficient (Wildman–Crippen LogP) is 4.17. The van der Waals surface area contributed by atoms with Crippen molar-refractivity contribution in [3.63, 3.8) is 0 Å². The Bertz CT molecular complexity index is 817. The van der Waals surface area contributed by atoms with Crippen molar-refractivity contribution in [3.8, 4) is 23.1 Å². The van der Waals surface area contributed by atoms with Gasteiger partial charge in [-0.1, -0.05) is 30.3 Å². The van der Waals surface area contributed by atoms with Gasteiger partial charge in [0.1, 0.15) is 0 Å². The number of rotatable bonds is 3. The van der Waals surface area contributed by atoms with Crippen LogP contribution >= 0.6 is 0 Å². The van der Waals surface area contributed by atoms with Crippen LogP contribution in [0.25, 0.3) is 21.9 Å². The molecule has 0 spiro atoms. The lowest BCUT2D eigenvalue weighted by Gasteiger charge is -2.10. The summed E-state index contributed by atoms with van der Waals surface area (Å²) in [6, 6.07) is 17.7. The minimum absolute atomic E-state index is 0.590. The zero-order valence-electron chi connectivity index (χ0n) is 11.7. The first-order chi connectivity index (χ1) is 10.3. The minimum atomic E-state index is 0.590. The summed E-state index contributed by atoms with van der Waals surface area (Å²) in [5.41, 5.74) is 2.74. The molecule has 1 aromatic heterocycles. The third-order valence-corrected chi connectivity index (χ3v) is 3.36. The second-order valence-corrected chi connectivity index (χ2v) is 4.64. The first kappa shape index (κ1) is 13.1. The van der Waals surface area contributed by atoms with Gasteiger partial charge < -0.3 is 4.74 Å². The lowest BCUT2D eigenvalue weighted by molar-refractivity contribution is 0.331. The van der Waals surface area contributed by atoms with E-state index in [4.69, 9.17) is 10.00 Å². The van der Waals surface area contributed by atoms with Crippen molar-refractivity contribution in [2.45, 2.75) is 6.92 Å². The van der Waals surface area contributed by atoms with E-state index in [1.165, 1.54) is 0 Å². The van der Waals surface area contributed by atoms with Crippen molar-refractivity contribution in [2.24, 2.45) is 0 Å². The molecule has 0 amide bonds. The number of ether oxygens (including phenoxy) is 1. The lowest BCUT2D eigenvalue weighted by atomic mass is 10.00. The van der Waals surface area contributed by atoms with Gasteiger partial charge in [0.15, 0.2) is 0 Å². The second kappa shape index (κ2) is 5.64. The van der Waals surface area contributed by atoms with Gasteiger partial charge >= 0.3 is 0 Å². The maximum Gasteiger partial charge on any atom is 0.221 e. The van der Waals surface area contributed by atoms with Crippen LogP contribution in [-0.4, -0.2) is 11.6 Å². The molecule has 102 valence electrons. The molecular weight excluding hydrogens is 260 g/mol. The number of fused-ring (bicyclic) bond motifs is 1. The summed E-state index contributed by atoms with van der Waals surface area (Å²) < 4.78 is 5.59. The van der Waals surface area contributed by atoms with Gasteiger partial charge in [0.05, 0.1) is 18.2 Å². The van der Waals surface area contributed by atoms with Crippen LogP contribution in [-0.2, 0) is 0 Å². The zero-order valence-corrected chi connectivity index (χ0v) is 11.7. The van der Waals surface area contributed by atoms with Crippen LogP contribution in [0.3, 0.4) is 0 Å². The molecule has 21 heavy (non-hydrogen) atoms. The van der Waals surface area contributed by atoms with Crippen molar-refractivity contribution in [3.05, 3.63) is 60.3 Å². The van der Waals surface area contributed by atoms with Crippen molar-refractivity contribution in [1.29, 1.82) is 5.26 Å². The summed E-state index contributed by atoms with van der Waals surface area (Å²) in [5, 5.41) is 11.0. The maximum absolute atomic E-state index is 8.89. The molecule has 0 saturated carbocycles. The van der Waals surface area contributed by atoms with Crippen molar-refractivity contribution >= 4 is 10.8 Å².